The lowest BCUT2D eigenvalue weighted by molar-refractivity contribution is 0.252. The van der Waals surface area contributed by atoms with Crippen LogP contribution < -0.4 is 10.6 Å². The molecule has 0 spiro atoms. The van der Waals surface area contributed by atoms with E-state index in [4.69, 9.17) is 0 Å². The van der Waals surface area contributed by atoms with E-state index in [9.17, 15) is 4.79 Å². The fraction of sp³-hybridized carbons (Fsp3) is 0.286. The van der Waals surface area contributed by atoms with Gasteiger partial charge in [-0.2, -0.15) is 0 Å². The van der Waals surface area contributed by atoms with Crippen molar-refractivity contribution in [2.24, 2.45) is 0 Å². The zero-order valence-corrected chi connectivity index (χ0v) is 15.0. The highest BCUT2D eigenvalue weighted by Crippen LogP contribution is 2.23. The molecule has 1 aromatic heterocycles. The van der Waals surface area contributed by atoms with Gasteiger partial charge in [0.05, 0.1) is 0 Å². The van der Waals surface area contributed by atoms with Crippen LogP contribution in [0, 0.1) is 0 Å². The average Bonchev–Trinajstić information content (AvgIpc) is 3.02. The summed E-state index contributed by atoms with van der Waals surface area (Å²) in [5.41, 5.74) is 4.51. The smallest absolute Gasteiger partial charge is 0.319 e. The first-order valence-corrected chi connectivity index (χ1v) is 8.63. The second-order valence-electron chi connectivity index (χ2n) is 7.36. The molecule has 2 aromatic carbocycles. The van der Waals surface area contributed by atoms with Gasteiger partial charge in [0.2, 0.25) is 0 Å². The third-order valence-electron chi connectivity index (χ3n) is 4.33. The SMILES string of the molecule is CC(C)(C)c1ccc(NC(=O)NCCc2ccc3[nH]ccc3c2)cc1. The largest absolute Gasteiger partial charge is 0.361 e. The van der Waals surface area contributed by atoms with Crippen molar-refractivity contribution < 1.29 is 4.79 Å². The Bertz CT molecular complexity index is 857. The van der Waals surface area contributed by atoms with Crippen LogP contribution in [0.4, 0.5) is 10.5 Å². The lowest BCUT2D eigenvalue weighted by Crippen LogP contribution is -2.30. The zero-order valence-electron chi connectivity index (χ0n) is 15.0. The van der Waals surface area contributed by atoms with E-state index in [-0.39, 0.29) is 11.4 Å². The summed E-state index contributed by atoms with van der Waals surface area (Å²) in [5, 5.41) is 6.98. The molecule has 0 atom stereocenters. The molecule has 1 heterocycles. The molecule has 4 heteroatoms. The summed E-state index contributed by atoms with van der Waals surface area (Å²) in [6.45, 7) is 7.12. The number of benzene rings is 2. The number of hydrogen-bond donors (Lipinski definition) is 3. The van der Waals surface area contributed by atoms with Crippen molar-refractivity contribution >= 4 is 22.6 Å². The first-order valence-electron chi connectivity index (χ1n) is 8.63. The van der Waals surface area contributed by atoms with E-state index in [1.54, 1.807) is 0 Å². The van der Waals surface area contributed by atoms with Gasteiger partial charge in [-0.1, -0.05) is 39.0 Å². The summed E-state index contributed by atoms with van der Waals surface area (Å²) in [5.74, 6) is 0. The van der Waals surface area contributed by atoms with E-state index in [2.05, 4.69) is 72.8 Å². The Kier molecular flexibility index (Phi) is 4.79. The van der Waals surface area contributed by atoms with Crippen LogP contribution in [-0.2, 0) is 11.8 Å². The van der Waals surface area contributed by atoms with E-state index >= 15 is 0 Å². The number of H-pyrrole nitrogens is 1. The molecule has 0 fully saturated rings. The van der Waals surface area contributed by atoms with Gasteiger partial charge in [0, 0.05) is 23.9 Å². The molecule has 3 aromatic rings. The molecule has 25 heavy (non-hydrogen) atoms. The molecule has 0 unspecified atom stereocenters. The molecule has 3 N–H and O–H groups in total. The third-order valence-corrected chi connectivity index (χ3v) is 4.33. The highest BCUT2D eigenvalue weighted by Gasteiger charge is 2.13. The molecule has 0 saturated carbocycles. The van der Waals surface area contributed by atoms with Crippen LogP contribution in [0.25, 0.3) is 10.9 Å². The van der Waals surface area contributed by atoms with Crippen LogP contribution in [0.2, 0.25) is 0 Å². The molecule has 0 bridgehead atoms. The maximum Gasteiger partial charge on any atom is 0.319 e. The monoisotopic (exact) mass is 335 g/mol. The number of rotatable bonds is 4. The van der Waals surface area contributed by atoms with Crippen molar-refractivity contribution in [3.05, 3.63) is 65.9 Å². The van der Waals surface area contributed by atoms with Gasteiger partial charge in [0.15, 0.2) is 0 Å². The number of aromatic nitrogens is 1. The molecule has 0 saturated heterocycles. The van der Waals surface area contributed by atoms with E-state index in [1.165, 1.54) is 16.5 Å². The van der Waals surface area contributed by atoms with Crippen molar-refractivity contribution in [2.45, 2.75) is 32.6 Å². The summed E-state index contributed by atoms with van der Waals surface area (Å²) < 4.78 is 0. The van der Waals surface area contributed by atoms with Gasteiger partial charge in [-0.05, 0) is 58.7 Å². The fourth-order valence-electron chi connectivity index (χ4n) is 2.81. The lowest BCUT2D eigenvalue weighted by Gasteiger charge is -2.19. The highest BCUT2D eigenvalue weighted by atomic mass is 16.2. The van der Waals surface area contributed by atoms with Crippen molar-refractivity contribution in [3.8, 4) is 0 Å². The Morgan fingerprint density at radius 1 is 1.04 bits per heavy atom. The van der Waals surface area contributed by atoms with Gasteiger partial charge in [0.1, 0.15) is 0 Å². The normalized spacial score (nSPS) is 11.5. The highest BCUT2D eigenvalue weighted by molar-refractivity contribution is 5.89. The summed E-state index contributed by atoms with van der Waals surface area (Å²) >= 11 is 0. The Morgan fingerprint density at radius 3 is 2.52 bits per heavy atom. The van der Waals surface area contributed by atoms with E-state index in [0.717, 1.165) is 17.6 Å². The van der Waals surface area contributed by atoms with Gasteiger partial charge in [-0.25, -0.2) is 4.79 Å². The molecule has 0 aliphatic carbocycles. The Balaban J connectivity index is 1.49. The number of fused-ring (bicyclic) bond motifs is 1. The van der Waals surface area contributed by atoms with Crippen LogP contribution in [0.15, 0.2) is 54.7 Å². The number of carbonyl (C=O) groups is 1. The van der Waals surface area contributed by atoms with Crippen LogP contribution >= 0.6 is 0 Å². The predicted octanol–water partition coefficient (Wildman–Crippen LogP) is 4.83. The number of hydrogen-bond acceptors (Lipinski definition) is 1. The van der Waals surface area contributed by atoms with Crippen LogP contribution in [0.5, 0.6) is 0 Å². The van der Waals surface area contributed by atoms with Crippen molar-refractivity contribution in [2.75, 3.05) is 11.9 Å². The summed E-state index contributed by atoms with van der Waals surface area (Å²) in [7, 11) is 0. The molecule has 0 aliphatic heterocycles. The standard InChI is InChI=1S/C21H25N3O/c1-21(2,3)17-5-7-18(8-6-17)24-20(25)23-12-10-15-4-9-19-16(14-15)11-13-22-19/h4-9,11,13-14,22H,10,12H2,1-3H3,(H2,23,24,25). The van der Waals surface area contributed by atoms with Crippen LogP contribution in [-0.4, -0.2) is 17.6 Å². The molecule has 3 rings (SSSR count). The lowest BCUT2D eigenvalue weighted by atomic mass is 9.87. The molecule has 0 aliphatic rings. The number of amides is 2. The minimum absolute atomic E-state index is 0.112. The van der Waals surface area contributed by atoms with Crippen molar-refractivity contribution in [1.82, 2.24) is 10.3 Å². The van der Waals surface area contributed by atoms with Gasteiger partial charge >= 0.3 is 6.03 Å². The van der Waals surface area contributed by atoms with E-state index in [1.807, 2.05) is 18.3 Å². The molecule has 4 nitrogen and oxygen atoms in total. The number of urea groups is 1. The molecular formula is C21H25N3O. The molecular weight excluding hydrogens is 310 g/mol. The molecule has 0 radical (unpaired) electrons. The Labute approximate surface area is 148 Å². The average molecular weight is 335 g/mol. The number of anilines is 1. The van der Waals surface area contributed by atoms with Crippen molar-refractivity contribution in [3.63, 3.8) is 0 Å². The minimum Gasteiger partial charge on any atom is -0.361 e. The number of aromatic amines is 1. The van der Waals surface area contributed by atoms with Gasteiger partial charge in [-0.15, -0.1) is 0 Å². The predicted molar refractivity (Wildman–Crippen MR) is 104 cm³/mol. The van der Waals surface area contributed by atoms with Gasteiger partial charge in [0.25, 0.3) is 0 Å². The van der Waals surface area contributed by atoms with Gasteiger partial charge in [-0.3, -0.25) is 0 Å². The quantitative estimate of drug-likeness (QED) is 0.628. The maximum absolute atomic E-state index is 12.0. The first kappa shape index (κ1) is 17.1. The second-order valence-corrected chi connectivity index (χ2v) is 7.36. The van der Waals surface area contributed by atoms with Gasteiger partial charge < -0.3 is 15.6 Å². The fourth-order valence-corrected chi connectivity index (χ4v) is 2.81. The van der Waals surface area contributed by atoms with Crippen LogP contribution in [0.1, 0.15) is 31.9 Å². The molecule has 2 amide bonds. The first-order chi connectivity index (χ1) is 11.9. The molecule has 130 valence electrons. The van der Waals surface area contributed by atoms with E-state index < -0.39 is 0 Å². The topological polar surface area (TPSA) is 56.9 Å². The van der Waals surface area contributed by atoms with Crippen LogP contribution in [0.3, 0.4) is 0 Å². The maximum atomic E-state index is 12.0. The van der Waals surface area contributed by atoms with E-state index in [0.29, 0.717) is 6.54 Å². The summed E-state index contributed by atoms with van der Waals surface area (Å²) in [6.07, 6.45) is 2.74. The number of nitrogens with one attached hydrogen (secondary N) is 3. The second kappa shape index (κ2) is 7.01. The Morgan fingerprint density at radius 2 is 1.80 bits per heavy atom. The number of carbonyl (C=O) groups excluding carboxylic acids is 1. The van der Waals surface area contributed by atoms with Crippen molar-refractivity contribution in [1.29, 1.82) is 0 Å². The Hall–Kier alpha value is -2.75. The summed E-state index contributed by atoms with van der Waals surface area (Å²) in [6, 6.07) is 16.2. The summed E-state index contributed by atoms with van der Waals surface area (Å²) in [4.78, 5) is 15.2. The third kappa shape index (κ3) is 4.41. The zero-order chi connectivity index (χ0) is 17.9. The minimum atomic E-state index is -0.175.